The highest BCUT2D eigenvalue weighted by Gasteiger charge is 2.20. The Labute approximate surface area is 325 Å². The predicted octanol–water partition coefficient (Wildman–Crippen LogP) is 13.4. The third kappa shape index (κ3) is 4.94. The lowest BCUT2D eigenvalue weighted by Gasteiger charge is -2.11. The molecule has 8 aromatic carbocycles. The lowest BCUT2D eigenvalue weighted by molar-refractivity contribution is 0.669. The van der Waals surface area contributed by atoms with Crippen molar-refractivity contribution in [1.29, 1.82) is 0 Å². The minimum absolute atomic E-state index is 0.565. The van der Waals surface area contributed by atoms with Gasteiger partial charge in [-0.3, -0.25) is 4.57 Å². The van der Waals surface area contributed by atoms with Crippen LogP contribution in [0.3, 0.4) is 0 Å². The number of aromatic nitrogens is 4. The third-order valence-corrected chi connectivity index (χ3v) is 11.1. The summed E-state index contributed by atoms with van der Waals surface area (Å²) in [5.41, 5.74) is 11.4. The van der Waals surface area contributed by atoms with Crippen molar-refractivity contribution in [2.45, 2.75) is 0 Å². The van der Waals surface area contributed by atoms with E-state index in [0.29, 0.717) is 17.6 Å². The van der Waals surface area contributed by atoms with E-state index in [2.05, 4.69) is 138 Å². The second kappa shape index (κ2) is 12.3. The van der Waals surface area contributed by atoms with Gasteiger partial charge in [0.2, 0.25) is 5.95 Å². The van der Waals surface area contributed by atoms with Crippen LogP contribution >= 0.6 is 0 Å². The molecule has 0 saturated carbocycles. The Kier molecular flexibility index (Phi) is 6.83. The van der Waals surface area contributed by atoms with Crippen LogP contribution in [0.4, 0.5) is 0 Å². The van der Waals surface area contributed by atoms with Crippen molar-refractivity contribution in [1.82, 2.24) is 19.5 Å². The molecular formula is C51H30N4O2. The van der Waals surface area contributed by atoms with Crippen LogP contribution in [0.15, 0.2) is 191 Å². The molecule has 6 nitrogen and oxygen atoms in total. The highest BCUT2D eigenvalue weighted by atomic mass is 16.3. The third-order valence-electron chi connectivity index (χ3n) is 11.1. The van der Waals surface area contributed by atoms with E-state index in [9.17, 15) is 0 Å². The Morgan fingerprint density at radius 3 is 1.56 bits per heavy atom. The van der Waals surface area contributed by atoms with Gasteiger partial charge in [-0.05, 0) is 47.5 Å². The Morgan fingerprint density at radius 1 is 0.333 bits per heavy atom. The number of furan rings is 2. The second-order valence-electron chi connectivity index (χ2n) is 14.4. The van der Waals surface area contributed by atoms with Crippen LogP contribution in [0.2, 0.25) is 0 Å². The first-order valence-corrected chi connectivity index (χ1v) is 19.0. The van der Waals surface area contributed by atoms with Crippen LogP contribution in [0, 0.1) is 0 Å². The average molecular weight is 731 g/mol. The molecule has 0 atom stereocenters. The lowest BCUT2D eigenvalue weighted by Crippen LogP contribution is -2.06. The van der Waals surface area contributed by atoms with E-state index in [1.54, 1.807) is 0 Å². The van der Waals surface area contributed by atoms with E-state index >= 15 is 0 Å². The standard InChI is InChI=1S/C51H30N4O2/c1-2-13-31(14-3-1)49-52-50(54-51(53-49)55-43-24-7-4-17-37(43)38-18-5-8-25-44(38)55)34-16-10-15-32(29-34)35-20-11-23-42-40-28-27-33(30-46(40)57-48(35)42)36-21-12-22-41-39-19-6-9-26-45(39)56-47(36)41/h1-30H. The number of fused-ring (bicyclic) bond motifs is 9. The number of hydrogen-bond acceptors (Lipinski definition) is 5. The summed E-state index contributed by atoms with van der Waals surface area (Å²) in [4.78, 5) is 15.4. The molecular weight excluding hydrogens is 701 g/mol. The van der Waals surface area contributed by atoms with Crippen LogP contribution in [-0.4, -0.2) is 19.5 Å². The smallest absolute Gasteiger partial charge is 0.238 e. The molecule has 0 N–H and O–H groups in total. The number of hydrogen-bond donors (Lipinski definition) is 0. The summed E-state index contributed by atoms with van der Waals surface area (Å²) < 4.78 is 15.3. The lowest BCUT2D eigenvalue weighted by atomic mass is 9.99. The molecule has 0 aliphatic carbocycles. The topological polar surface area (TPSA) is 69.9 Å². The molecule has 0 aliphatic heterocycles. The fraction of sp³-hybridized carbons (Fsp3) is 0. The molecule has 0 fully saturated rings. The van der Waals surface area contributed by atoms with Gasteiger partial charge in [-0.25, -0.2) is 4.98 Å². The fourth-order valence-electron chi connectivity index (χ4n) is 8.44. The van der Waals surface area contributed by atoms with Crippen molar-refractivity contribution >= 4 is 65.7 Å². The molecule has 0 amide bonds. The number of benzene rings is 8. The van der Waals surface area contributed by atoms with Crippen molar-refractivity contribution in [3.05, 3.63) is 182 Å². The fourth-order valence-corrected chi connectivity index (χ4v) is 8.44. The van der Waals surface area contributed by atoms with Gasteiger partial charge in [0, 0.05) is 54.6 Å². The Hall–Kier alpha value is -7.83. The molecule has 266 valence electrons. The summed E-state index contributed by atoms with van der Waals surface area (Å²) in [6, 6.07) is 62.6. The van der Waals surface area contributed by atoms with E-state index in [-0.39, 0.29) is 0 Å². The van der Waals surface area contributed by atoms with Gasteiger partial charge in [-0.1, -0.05) is 146 Å². The Balaban J connectivity index is 1.00. The van der Waals surface area contributed by atoms with Crippen LogP contribution in [0.5, 0.6) is 0 Å². The Morgan fingerprint density at radius 2 is 0.842 bits per heavy atom. The molecule has 4 heterocycles. The highest BCUT2D eigenvalue weighted by molar-refractivity contribution is 6.13. The molecule has 0 spiro atoms. The monoisotopic (exact) mass is 730 g/mol. The second-order valence-corrected chi connectivity index (χ2v) is 14.4. The zero-order chi connectivity index (χ0) is 37.5. The summed E-state index contributed by atoms with van der Waals surface area (Å²) in [7, 11) is 0. The number of rotatable bonds is 5. The quantitative estimate of drug-likeness (QED) is 0.176. The summed E-state index contributed by atoms with van der Waals surface area (Å²) in [6.45, 7) is 0. The zero-order valence-corrected chi connectivity index (χ0v) is 30.4. The molecule has 6 heteroatoms. The zero-order valence-electron chi connectivity index (χ0n) is 30.4. The normalized spacial score (nSPS) is 11.9. The molecule has 4 aromatic heterocycles. The molecule has 12 aromatic rings. The first-order chi connectivity index (χ1) is 28.2. The predicted molar refractivity (Wildman–Crippen MR) is 230 cm³/mol. The van der Waals surface area contributed by atoms with Crippen LogP contribution in [-0.2, 0) is 0 Å². The van der Waals surface area contributed by atoms with E-state index in [1.165, 1.54) is 0 Å². The van der Waals surface area contributed by atoms with Gasteiger partial charge < -0.3 is 8.83 Å². The van der Waals surface area contributed by atoms with Crippen molar-refractivity contribution < 1.29 is 8.83 Å². The van der Waals surface area contributed by atoms with Crippen LogP contribution < -0.4 is 0 Å². The maximum atomic E-state index is 6.77. The van der Waals surface area contributed by atoms with Crippen molar-refractivity contribution in [3.63, 3.8) is 0 Å². The molecule has 12 rings (SSSR count). The van der Waals surface area contributed by atoms with Gasteiger partial charge in [0.1, 0.15) is 22.3 Å². The van der Waals surface area contributed by atoms with Gasteiger partial charge in [-0.15, -0.1) is 0 Å². The van der Waals surface area contributed by atoms with E-state index in [0.717, 1.165) is 99.1 Å². The highest BCUT2D eigenvalue weighted by Crippen LogP contribution is 2.41. The molecule has 0 aliphatic rings. The van der Waals surface area contributed by atoms with E-state index in [4.69, 9.17) is 23.8 Å². The molecule has 57 heavy (non-hydrogen) atoms. The first-order valence-electron chi connectivity index (χ1n) is 19.0. The van der Waals surface area contributed by atoms with Gasteiger partial charge in [-0.2, -0.15) is 9.97 Å². The van der Waals surface area contributed by atoms with E-state index in [1.807, 2.05) is 48.5 Å². The SMILES string of the molecule is c1ccc(-c2nc(-c3cccc(-c4cccc5c4oc4cc(-c6cccc7c6oc6ccccc67)ccc45)c3)nc(-n3c4ccccc4c4ccccc43)n2)cc1. The molecule has 0 radical (unpaired) electrons. The van der Waals surface area contributed by atoms with Gasteiger partial charge in [0.15, 0.2) is 11.6 Å². The van der Waals surface area contributed by atoms with Crippen LogP contribution in [0.1, 0.15) is 0 Å². The van der Waals surface area contributed by atoms with Crippen molar-refractivity contribution in [2.75, 3.05) is 0 Å². The number of para-hydroxylation sites is 5. The average Bonchev–Trinajstić information content (AvgIpc) is 3.96. The van der Waals surface area contributed by atoms with Gasteiger partial charge in [0.25, 0.3) is 0 Å². The van der Waals surface area contributed by atoms with Crippen molar-refractivity contribution in [2.24, 2.45) is 0 Å². The Bertz CT molecular complexity index is 3490. The molecule has 0 bridgehead atoms. The maximum absolute atomic E-state index is 6.77. The van der Waals surface area contributed by atoms with Crippen molar-refractivity contribution in [3.8, 4) is 51.0 Å². The van der Waals surface area contributed by atoms with Gasteiger partial charge >= 0.3 is 0 Å². The van der Waals surface area contributed by atoms with Crippen LogP contribution in [0.25, 0.3) is 117 Å². The van der Waals surface area contributed by atoms with E-state index < -0.39 is 0 Å². The summed E-state index contributed by atoms with van der Waals surface area (Å²) in [5, 5.41) is 6.63. The number of nitrogens with zero attached hydrogens (tertiary/aromatic N) is 4. The summed E-state index contributed by atoms with van der Waals surface area (Å²) in [6.07, 6.45) is 0. The molecule has 0 unspecified atom stereocenters. The summed E-state index contributed by atoms with van der Waals surface area (Å²) >= 11 is 0. The minimum Gasteiger partial charge on any atom is -0.455 e. The van der Waals surface area contributed by atoms with Gasteiger partial charge in [0.05, 0.1) is 11.0 Å². The minimum atomic E-state index is 0.565. The maximum Gasteiger partial charge on any atom is 0.238 e. The molecule has 0 saturated heterocycles. The first kappa shape index (κ1) is 31.5. The summed E-state index contributed by atoms with van der Waals surface area (Å²) in [5.74, 6) is 1.76. The largest absolute Gasteiger partial charge is 0.455 e.